The van der Waals surface area contributed by atoms with E-state index in [4.69, 9.17) is 5.73 Å². The number of nitrogens with two attached hydrogens (primary N) is 1. The third-order valence-electron chi connectivity index (χ3n) is 4.59. The molecule has 2 fully saturated rings. The lowest BCUT2D eigenvalue weighted by atomic mass is 9.97. The molecule has 2 heterocycles. The molecule has 7 heteroatoms. The molecule has 1 amide bonds. The van der Waals surface area contributed by atoms with E-state index in [0.29, 0.717) is 5.92 Å². The SMILES string of the molecule is Cl.Cl.Cn1cc(C2CCN(C(=O)C3(N)CCCC3)C2)cn1. The standard InChI is InChI=1S/C14H22N4O.2ClH/c1-17-9-12(8-16-17)11-4-7-18(10-11)13(19)14(15)5-2-3-6-14;;/h8-9,11H,2-7,10,15H2,1H3;2*1H. The predicted molar refractivity (Wildman–Crippen MR) is 87.0 cm³/mol. The Labute approximate surface area is 138 Å². The Hall–Kier alpha value is -0.780. The van der Waals surface area contributed by atoms with Crippen molar-refractivity contribution in [1.29, 1.82) is 0 Å². The summed E-state index contributed by atoms with van der Waals surface area (Å²) in [6, 6.07) is 0. The molecule has 1 aromatic heterocycles. The highest BCUT2D eigenvalue weighted by molar-refractivity contribution is 5.86. The first-order chi connectivity index (χ1) is 9.08. The number of carbonyl (C=O) groups is 1. The monoisotopic (exact) mass is 334 g/mol. The van der Waals surface area contributed by atoms with Gasteiger partial charge < -0.3 is 10.6 Å². The Bertz CT molecular complexity index is 485. The average Bonchev–Trinajstić information content (AvgIpc) is 3.08. The van der Waals surface area contributed by atoms with Gasteiger partial charge in [-0.25, -0.2) is 0 Å². The minimum Gasteiger partial charge on any atom is -0.340 e. The normalized spacial score (nSPS) is 23.5. The fraction of sp³-hybridized carbons (Fsp3) is 0.714. The molecule has 1 aliphatic carbocycles. The van der Waals surface area contributed by atoms with Crippen LogP contribution in [-0.2, 0) is 11.8 Å². The van der Waals surface area contributed by atoms with Crippen molar-refractivity contribution in [2.45, 2.75) is 43.6 Å². The van der Waals surface area contributed by atoms with Gasteiger partial charge in [-0.15, -0.1) is 24.8 Å². The molecule has 1 saturated heterocycles. The molecule has 1 saturated carbocycles. The fourth-order valence-corrected chi connectivity index (χ4v) is 3.40. The van der Waals surface area contributed by atoms with E-state index in [1.807, 2.05) is 29.0 Å². The van der Waals surface area contributed by atoms with Gasteiger partial charge in [0, 0.05) is 32.3 Å². The number of halogens is 2. The Morgan fingerprint density at radius 3 is 2.62 bits per heavy atom. The molecule has 21 heavy (non-hydrogen) atoms. The van der Waals surface area contributed by atoms with Gasteiger partial charge in [0.25, 0.3) is 0 Å². The van der Waals surface area contributed by atoms with Crippen LogP contribution in [0.3, 0.4) is 0 Å². The van der Waals surface area contributed by atoms with Crippen LogP contribution in [-0.4, -0.2) is 39.2 Å². The van der Waals surface area contributed by atoms with Crippen molar-refractivity contribution in [3.8, 4) is 0 Å². The van der Waals surface area contributed by atoms with Crippen molar-refractivity contribution in [3.05, 3.63) is 18.0 Å². The van der Waals surface area contributed by atoms with Crippen molar-refractivity contribution < 1.29 is 4.79 Å². The molecule has 1 aromatic rings. The van der Waals surface area contributed by atoms with Gasteiger partial charge in [0.05, 0.1) is 11.7 Å². The highest BCUT2D eigenvalue weighted by Gasteiger charge is 2.42. The summed E-state index contributed by atoms with van der Waals surface area (Å²) in [6.07, 6.45) is 8.84. The summed E-state index contributed by atoms with van der Waals surface area (Å²) in [6.45, 7) is 1.63. The highest BCUT2D eigenvalue weighted by Crippen LogP contribution is 2.33. The van der Waals surface area contributed by atoms with Crippen LogP contribution in [0.5, 0.6) is 0 Å². The van der Waals surface area contributed by atoms with Crippen molar-refractivity contribution >= 4 is 30.7 Å². The summed E-state index contributed by atoms with van der Waals surface area (Å²) in [5, 5.41) is 4.21. The van der Waals surface area contributed by atoms with Crippen LogP contribution < -0.4 is 5.73 Å². The summed E-state index contributed by atoms with van der Waals surface area (Å²) < 4.78 is 1.82. The smallest absolute Gasteiger partial charge is 0.242 e. The van der Waals surface area contributed by atoms with E-state index in [-0.39, 0.29) is 30.7 Å². The first kappa shape index (κ1) is 18.3. The fourth-order valence-electron chi connectivity index (χ4n) is 3.40. The molecule has 0 aromatic carbocycles. The molecule has 120 valence electrons. The molecular formula is C14H24Cl2N4O. The first-order valence-corrected chi connectivity index (χ1v) is 7.15. The Kier molecular flexibility index (Phi) is 6.08. The first-order valence-electron chi connectivity index (χ1n) is 7.15. The lowest BCUT2D eigenvalue weighted by Gasteiger charge is -2.28. The van der Waals surface area contributed by atoms with Crippen LogP contribution >= 0.6 is 24.8 Å². The second-order valence-electron chi connectivity index (χ2n) is 6.05. The number of rotatable bonds is 2. The van der Waals surface area contributed by atoms with Gasteiger partial charge in [-0.1, -0.05) is 12.8 Å². The van der Waals surface area contributed by atoms with E-state index in [1.54, 1.807) is 0 Å². The third-order valence-corrected chi connectivity index (χ3v) is 4.59. The Morgan fingerprint density at radius 1 is 1.38 bits per heavy atom. The van der Waals surface area contributed by atoms with Crippen LogP contribution in [0.15, 0.2) is 12.4 Å². The minimum atomic E-state index is -0.580. The summed E-state index contributed by atoms with van der Waals surface area (Å²) in [5.41, 5.74) is 6.92. The molecule has 0 spiro atoms. The van der Waals surface area contributed by atoms with Gasteiger partial charge in [-0.3, -0.25) is 9.48 Å². The molecule has 1 aliphatic heterocycles. The average molecular weight is 335 g/mol. The maximum absolute atomic E-state index is 12.5. The molecule has 2 aliphatic rings. The molecule has 2 N–H and O–H groups in total. The summed E-state index contributed by atoms with van der Waals surface area (Å²) >= 11 is 0. The number of carbonyl (C=O) groups excluding carboxylic acids is 1. The zero-order valence-corrected chi connectivity index (χ0v) is 14.0. The molecule has 1 atom stereocenters. The minimum absolute atomic E-state index is 0. The molecule has 1 unspecified atom stereocenters. The summed E-state index contributed by atoms with van der Waals surface area (Å²) in [4.78, 5) is 14.5. The zero-order chi connectivity index (χ0) is 13.5. The topological polar surface area (TPSA) is 64.2 Å². The van der Waals surface area contributed by atoms with E-state index >= 15 is 0 Å². The predicted octanol–water partition coefficient (Wildman–Crippen LogP) is 1.85. The number of aryl methyl sites for hydroxylation is 1. The van der Waals surface area contributed by atoms with E-state index in [2.05, 4.69) is 5.10 Å². The molecule has 3 rings (SSSR count). The van der Waals surface area contributed by atoms with Gasteiger partial charge in [-0.2, -0.15) is 5.10 Å². The van der Waals surface area contributed by atoms with E-state index in [0.717, 1.165) is 45.2 Å². The number of nitrogens with zero attached hydrogens (tertiary/aromatic N) is 3. The Balaban J connectivity index is 0.00000110. The maximum atomic E-state index is 12.5. The number of amides is 1. The van der Waals surface area contributed by atoms with Crippen LogP contribution in [0, 0.1) is 0 Å². The van der Waals surface area contributed by atoms with Crippen molar-refractivity contribution in [2.24, 2.45) is 12.8 Å². The number of aromatic nitrogens is 2. The van der Waals surface area contributed by atoms with Crippen molar-refractivity contribution in [1.82, 2.24) is 14.7 Å². The van der Waals surface area contributed by atoms with Gasteiger partial charge in [-0.05, 0) is 24.8 Å². The molecule has 0 bridgehead atoms. The van der Waals surface area contributed by atoms with Crippen LogP contribution in [0.1, 0.15) is 43.6 Å². The van der Waals surface area contributed by atoms with E-state index in [9.17, 15) is 4.79 Å². The van der Waals surface area contributed by atoms with Crippen LogP contribution in [0.25, 0.3) is 0 Å². The lowest BCUT2D eigenvalue weighted by Crippen LogP contribution is -2.52. The number of hydrogen-bond acceptors (Lipinski definition) is 3. The number of hydrogen-bond donors (Lipinski definition) is 1. The highest BCUT2D eigenvalue weighted by atomic mass is 35.5. The van der Waals surface area contributed by atoms with Gasteiger partial charge in [0.15, 0.2) is 0 Å². The number of likely N-dealkylation sites (tertiary alicyclic amines) is 1. The van der Waals surface area contributed by atoms with Gasteiger partial charge >= 0.3 is 0 Å². The largest absolute Gasteiger partial charge is 0.340 e. The maximum Gasteiger partial charge on any atom is 0.242 e. The summed E-state index contributed by atoms with van der Waals surface area (Å²) in [5.74, 6) is 0.582. The quantitative estimate of drug-likeness (QED) is 0.897. The van der Waals surface area contributed by atoms with E-state index in [1.165, 1.54) is 5.56 Å². The lowest BCUT2D eigenvalue weighted by molar-refractivity contribution is -0.135. The van der Waals surface area contributed by atoms with Gasteiger partial charge in [0.2, 0.25) is 5.91 Å². The van der Waals surface area contributed by atoms with Crippen LogP contribution in [0.4, 0.5) is 0 Å². The second kappa shape index (κ2) is 6.99. The summed E-state index contributed by atoms with van der Waals surface area (Å²) in [7, 11) is 1.93. The van der Waals surface area contributed by atoms with Crippen molar-refractivity contribution in [2.75, 3.05) is 13.1 Å². The second-order valence-corrected chi connectivity index (χ2v) is 6.05. The molecular weight excluding hydrogens is 311 g/mol. The van der Waals surface area contributed by atoms with E-state index < -0.39 is 5.54 Å². The van der Waals surface area contributed by atoms with Gasteiger partial charge in [0.1, 0.15) is 0 Å². The molecule has 5 nitrogen and oxygen atoms in total. The molecule has 0 radical (unpaired) electrons. The van der Waals surface area contributed by atoms with Crippen LogP contribution in [0.2, 0.25) is 0 Å². The third kappa shape index (κ3) is 3.52. The Morgan fingerprint density at radius 2 is 2.05 bits per heavy atom. The zero-order valence-electron chi connectivity index (χ0n) is 12.3. The van der Waals surface area contributed by atoms with Crippen molar-refractivity contribution in [3.63, 3.8) is 0 Å².